The molecule has 2 aromatic carbocycles. The van der Waals surface area contributed by atoms with Gasteiger partial charge in [-0.25, -0.2) is 0 Å². The summed E-state index contributed by atoms with van der Waals surface area (Å²) in [4.78, 5) is 28.1. The SMILES string of the molecule is CC[C@@H](C)NC(=O)[C@H](CC)N(Cc1ccccc1)C(=O)CCc1ccc2c(c1)OCCO2. The molecule has 0 fully saturated rings. The molecule has 3 rings (SSSR count). The Morgan fingerprint density at radius 1 is 0.969 bits per heavy atom. The summed E-state index contributed by atoms with van der Waals surface area (Å²) in [5.41, 5.74) is 2.02. The molecule has 2 atom stereocenters. The fourth-order valence-corrected chi connectivity index (χ4v) is 3.78. The van der Waals surface area contributed by atoms with Gasteiger partial charge < -0.3 is 19.7 Å². The maximum absolute atomic E-state index is 13.4. The van der Waals surface area contributed by atoms with Crippen molar-refractivity contribution in [2.75, 3.05) is 13.2 Å². The number of hydrogen-bond acceptors (Lipinski definition) is 4. The molecular formula is C26H34N2O4. The summed E-state index contributed by atoms with van der Waals surface area (Å²) in [5, 5.41) is 3.05. The van der Waals surface area contributed by atoms with Crippen LogP contribution in [0.4, 0.5) is 0 Å². The van der Waals surface area contributed by atoms with E-state index < -0.39 is 6.04 Å². The summed E-state index contributed by atoms with van der Waals surface area (Å²) >= 11 is 0. The van der Waals surface area contributed by atoms with Crippen LogP contribution < -0.4 is 14.8 Å². The van der Waals surface area contributed by atoms with Crippen LogP contribution in [0.15, 0.2) is 48.5 Å². The smallest absolute Gasteiger partial charge is 0.243 e. The van der Waals surface area contributed by atoms with Crippen LogP contribution in [0.25, 0.3) is 0 Å². The quantitative estimate of drug-likeness (QED) is 0.606. The highest BCUT2D eigenvalue weighted by Gasteiger charge is 2.29. The summed E-state index contributed by atoms with van der Waals surface area (Å²) in [6.45, 7) is 7.46. The van der Waals surface area contributed by atoms with Crippen LogP contribution in [-0.4, -0.2) is 42.0 Å². The van der Waals surface area contributed by atoms with Crippen LogP contribution >= 0.6 is 0 Å². The van der Waals surface area contributed by atoms with Crippen molar-refractivity contribution >= 4 is 11.8 Å². The molecule has 1 N–H and O–H groups in total. The lowest BCUT2D eigenvalue weighted by atomic mass is 10.1. The summed E-state index contributed by atoms with van der Waals surface area (Å²) in [5.74, 6) is 1.34. The molecule has 0 radical (unpaired) electrons. The molecule has 1 aliphatic rings. The number of amides is 2. The predicted octanol–water partition coefficient (Wildman–Crippen LogP) is 4.11. The molecule has 0 saturated carbocycles. The van der Waals surface area contributed by atoms with Gasteiger partial charge in [0.25, 0.3) is 0 Å². The van der Waals surface area contributed by atoms with Crippen molar-refractivity contribution in [3.8, 4) is 11.5 Å². The van der Waals surface area contributed by atoms with E-state index in [1.807, 2.05) is 69.3 Å². The lowest BCUT2D eigenvalue weighted by Crippen LogP contribution is -2.50. The van der Waals surface area contributed by atoms with Crippen LogP contribution in [0.2, 0.25) is 0 Å². The first kappa shape index (κ1) is 23.6. The first-order valence-electron chi connectivity index (χ1n) is 11.5. The molecule has 0 aliphatic carbocycles. The molecule has 0 saturated heterocycles. The number of aryl methyl sites for hydroxylation is 1. The van der Waals surface area contributed by atoms with Crippen molar-refractivity contribution in [3.05, 3.63) is 59.7 Å². The normalized spacial score (nSPS) is 14.3. The predicted molar refractivity (Wildman–Crippen MR) is 125 cm³/mol. The number of nitrogens with zero attached hydrogens (tertiary/aromatic N) is 1. The van der Waals surface area contributed by atoms with Crippen molar-refractivity contribution < 1.29 is 19.1 Å². The molecule has 32 heavy (non-hydrogen) atoms. The zero-order valence-electron chi connectivity index (χ0n) is 19.3. The monoisotopic (exact) mass is 438 g/mol. The average Bonchev–Trinajstić information content (AvgIpc) is 2.82. The van der Waals surface area contributed by atoms with E-state index in [0.29, 0.717) is 39.0 Å². The van der Waals surface area contributed by atoms with Gasteiger partial charge in [-0.05, 0) is 49.4 Å². The molecule has 0 aromatic heterocycles. The Balaban J connectivity index is 1.74. The number of carbonyl (C=O) groups is 2. The highest BCUT2D eigenvalue weighted by atomic mass is 16.6. The molecule has 0 unspecified atom stereocenters. The van der Waals surface area contributed by atoms with Crippen LogP contribution in [-0.2, 0) is 22.6 Å². The van der Waals surface area contributed by atoms with Crippen LogP contribution in [0.3, 0.4) is 0 Å². The van der Waals surface area contributed by atoms with Gasteiger partial charge in [-0.2, -0.15) is 0 Å². The molecule has 0 bridgehead atoms. The van der Waals surface area contributed by atoms with Gasteiger partial charge in [-0.3, -0.25) is 9.59 Å². The average molecular weight is 439 g/mol. The van der Waals surface area contributed by atoms with Crippen molar-refractivity contribution in [3.63, 3.8) is 0 Å². The van der Waals surface area contributed by atoms with Crippen LogP contribution in [0, 0.1) is 0 Å². The molecule has 1 heterocycles. The molecule has 1 aliphatic heterocycles. The van der Waals surface area contributed by atoms with E-state index in [9.17, 15) is 9.59 Å². The Morgan fingerprint density at radius 3 is 2.38 bits per heavy atom. The first-order valence-corrected chi connectivity index (χ1v) is 11.5. The van der Waals surface area contributed by atoms with Gasteiger partial charge in [0.15, 0.2) is 11.5 Å². The Morgan fingerprint density at radius 2 is 1.69 bits per heavy atom. The Hall–Kier alpha value is -3.02. The summed E-state index contributed by atoms with van der Waals surface area (Å²) < 4.78 is 11.2. The van der Waals surface area contributed by atoms with E-state index in [0.717, 1.165) is 29.0 Å². The summed E-state index contributed by atoms with van der Waals surface area (Å²) in [6.07, 6.45) is 2.30. The number of nitrogens with one attached hydrogen (secondary N) is 1. The number of rotatable bonds is 10. The third-order valence-electron chi connectivity index (χ3n) is 5.82. The third kappa shape index (κ3) is 6.25. The topological polar surface area (TPSA) is 67.9 Å². The van der Waals surface area contributed by atoms with E-state index >= 15 is 0 Å². The number of ether oxygens (including phenoxy) is 2. The molecule has 2 amide bonds. The van der Waals surface area contributed by atoms with Crippen LogP contribution in [0.1, 0.15) is 51.2 Å². The van der Waals surface area contributed by atoms with E-state index in [4.69, 9.17) is 9.47 Å². The minimum atomic E-state index is -0.503. The standard InChI is InChI=1S/C26H34N2O4/c1-4-19(3)27-26(30)22(5-2)28(18-21-9-7-6-8-10-21)25(29)14-12-20-11-13-23-24(17-20)32-16-15-31-23/h6-11,13,17,19,22H,4-5,12,14-16,18H2,1-3H3,(H,27,30)/t19-,22+/m1/s1. The first-order chi connectivity index (χ1) is 15.5. The maximum atomic E-state index is 13.4. The maximum Gasteiger partial charge on any atom is 0.243 e. The number of fused-ring (bicyclic) bond motifs is 1. The lowest BCUT2D eigenvalue weighted by Gasteiger charge is -2.31. The van der Waals surface area contributed by atoms with E-state index in [2.05, 4.69) is 5.32 Å². The molecule has 172 valence electrons. The van der Waals surface area contributed by atoms with Crippen molar-refractivity contribution in [1.29, 1.82) is 0 Å². The third-order valence-corrected chi connectivity index (χ3v) is 5.82. The summed E-state index contributed by atoms with van der Waals surface area (Å²) in [7, 11) is 0. The van der Waals surface area contributed by atoms with E-state index in [1.54, 1.807) is 4.90 Å². The lowest BCUT2D eigenvalue weighted by molar-refractivity contribution is -0.141. The van der Waals surface area contributed by atoms with Gasteiger partial charge in [-0.15, -0.1) is 0 Å². The molecular weight excluding hydrogens is 404 g/mol. The summed E-state index contributed by atoms with van der Waals surface area (Å²) in [6, 6.07) is 15.2. The Kier molecular flexibility index (Phi) is 8.54. The molecule has 0 spiro atoms. The Bertz CT molecular complexity index is 900. The van der Waals surface area contributed by atoms with Gasteiger partial charge in [0.1, 0.15) is 19.3 Å². The van der Waals surface area contributed by atoms with Gasteiger partial charge in [-0.1, -0.05) is 50.2 Å². The van der Waals surface area contributed by atoms with Gasteiger partial charge in [0.05, 0.1) is 0 Å². The van der Waals surface area contributed by atoms with Crippen LogP contribution in [0.5, 0.6) is 11.5 Å². The highest BCUT2D eigenvalue weighted by Crippen LogP contribution is 2.31. The van der Waals surface area contributed by atoms with Crippen molar-refractivity contribution in [1.82, 2.24) is 10.2 Å². The largest absolute Gasteiger partial charge is 0.486 e. The van der Waals surface area contributed by atoms with Crippen molar-refractivity contribution in [2.45, 2.75) is 65.1 Å². The number of hydrogen-bond donors (Lipinski definition) is 1. The minimum absolute atomic E-state index is 0.0325. The Labute approximate surface area is 190 Å². The minimum Gasteiger partial charge on any atom is -0.486 e. The van der Waals surface area contributed by atoms with E-state index in [-0.39, 0.29) is 17.9 Å². The van der Waals surface area contributed by atoms with E-state index in [1.165, 1.54) is 0 Å². The van der Waals surface area contributed by atoms with Crippen molar-refractivity contribution in [2.24, 2.45) is 0 Å². The second kappa shape index (κ2) is 11.6. The van der Waals surface area contributed by atoms with Gasteiger partial charge in [0, 0.05) is 19.0 Å². The van der Waals surface area contributed by atoms with Gasteiger partial charge >= 0.3 is 0 Å². The highest BCUT2D eigenvalue weighted by molar-refractivity contribution is 5.88. The molecule has 2 aromatic rings. The zero-order chi connectivity index (χ0) is 22.9. The fourth-order valence-electron chi connectivity index (χ4n) is 3.78. The second-order valence-corrected chi connectivity index (χ2v) is 8.23. The fraction of sp³-hybridized carbons (Fsp3) is 0.462. The van der Waals surface area contributed by atoms with Gasteiger partial charge in [0.2, 0.25) is 11.8 Å². The number of carbonyl (C=O) groups excluding carboxylic acids is 2. The molecule has 6 nitrogen and oxygen atoms in total. The number of benzene rings is 2. The molecule has 6 heteroatoms. The second-order valence-electron chi connectivity index (χ2n) is 8.23. The zero-order valence-corrected chi connectivity index (χ0v) is 19.3.